The third-order valence-corrected chi connectivity index (χ3v) is 11.1. The fourth-order valence-electron chi connectivity index (χ4n) is 8.17. The van der Waals surface area contributed by atoms with Crippen molar-refractivity contribution in [3.8, 4) is 22.6 Å². The van der Waals surface area contributed by atoms with Gasteiger partial charge in [0.1, 0.15) is 17.5 Å². The largest absolute Gasteiger partial charge is 0.496 e. The molecule has 0 radical (unpaired) electrons. The second-order valence-corrected chi connectivity index (χ2v) is 14.2. The van der Waals surface area contributed by atoms with E-state index in [4.69, 9.17) is 9.47 Å². The minimum absolute atomic E-state index is 0.0362. The number of piperidine rings is 2. The fraction of sp³-hybridized carbons (Fsp3) is 0.595. The van der Waals surface area contributed by atoms with Gasteiger partial charge in [0, 0.05) is 64.0 Å². The number of likely N-dealkylation sites (tertiary alicyclic amines) is 1. The topological polar surface area (TPSA) is 146 Å². The number of methoxy groups -OCH3 is 2. The standard InChI is InChI=1S/C37H51N7O7/c1-38-37(49)43-15-11-26-27(20-40(2)36(48)28(26)22-43)25-18-31(50-3)29(32(19-25)51-4)21-42-13-9-24(10-14-42)6-5-12-41-16-17-44(34(46)23-41)30-7-8-33(45)39-35(30)47/h18-20,24,30H,5-17,21-23H2,1-4H3,(H,38,49)(H,39,45,47). The van der Waals surface area contributed by atoms with E-state index in [0.29, 0.717) is 50.5 Å². The molecule has 276 valence electrons. The lowest BCUT2D eigenvalue weighted by Crippen LogP contribution is -2.60. The number of amides is 5. The van der Waals surface area contributed by atoms with E-state index in [2.05, 4.69) is 20.4 Å². The molecule has 51 heavy (non-hydrogen) atoms. The number of carbonyl (C=O) groups is 4. The molecule has 0 aliphatic carbocycles. The summed E-state index contributed by atoms with van der Waals surface area (Å²) in [5.41, 5.74) is 4.33. The summed E-state index contributed by atoms with van der Waals surface area (Å²) in [5.74, 6) is 1.45. The average molecular weight is 706 g/mol. The Kier molecular flexibility index (Phi) is 11.3. The third-order valence-electron chi connectivity index (χ3n) is 11.1. The molecule has 14 nitrogen and oxygen atoms in total. The van der Waals surface area contributed by atoms with Crippen LogP contribution in [0.2, 0.25) is 0 Å². The number of pyridine rings is 1. The smallest absolute Gasteiger partial charge is 0.317 e. The number of aromatic nitrogens is 1. The Morgan fingerprint density at radius 3 is 2.27 bits per heavy atom. The van der Waals surface area contributed by atoms with Crippen LogP contribution in [0.4, 0.5) is 4.79 Å². The molecule has 4 aliphatic rings. The number of ether oxygens (including phenoxy) is 2. The van der Waals surface area contributed by atoms with Crippen LogP contribution in [-0.4, -0.2) is 121 Å². The molecule has 2 N–H and O–H groups in total. The Hall–Kier alpha value is -4.43. The highest BCUT2D eigenvalue weighted by molar-refractivity contribution is 6.01. The zero-order valence-electron chi connectivity index (χ0n) is 30.3. The SMILES string of the molecule is CNC(=O)N1CCc2c(-c3cc(OC)c(CN4CCC(CCCN5CCN(C6CCC(=O)NC6=O)C(=O)C5)CC4)c(OC)c3)cn(C)c(=O)c2C1. The van der Waals surface area contributed by atoms with Crippen LogP contribution in [0, 0.1) is 5.92 Å². The zero-order valence-corrected chi connectivity index (χ0v) is 30.3. The third kappa shape index (κ3) is 7.91. The minimum atomic E-state index is -0.532. The molecule has 14 heteroatoms. The molecule has 3 fully saturated rings. The number of imide groups is 1. The zero-order chi connectivity index (χ0) is 36.2. The lowest BCUT2D eigenvalue weighted by atomic mass is 9.90. The summed E-state index contributed by atoms with van der Waals surface area (Å²) in [4.78, 5) is 70.0. The fourth-order valence-corrected chi connectivity index (χ4v) is 8.17. The Morgan fingerprint density at radius 1 is 0.902 bits per heavy atom. The van der Waals surface area contributed by atoms with Crippen molar-refractivity contribution in [3.05, 3.63) is 45.4 Å². The first kappa shape index (κ1) is 36.4. The maximum atomic E-state index is 13.1. The Balaban J connectivity index is 1.03. The number of rotatable bonds is 10. The monoisotopic (exact) mass is 705 g/mol. The number of carbonyl (C=O) groups excluding carboxylic acids is 4. The Morgan fingerprint density at radius 2 is 1.63 bits per heavy atom. The summed E-state index contributed by atoms with van der Waals surface area (Å²) in [7, 11) is 6.69. The maximum Gasteiger partial charge on any atom is 0.317 e. The molecule has 5 amide bonds. The number of piperazine rings is 1. The normalized spacial score (nSPS) is 20.6. The van der Waals surface area contributed by atoms with Crippen LogP contribution in [-0.2, 0) is 40.9 Å². The van der Waals surface area contributed by atoms with Crippen LogP contribution in [0.1, 0.15) is 55.2 Å². The van der Waals surface area contributed by atoms with Gasteiger partial charge in [-0.3, -0.25) is 34.3 Å². The second-order valence-electron chi connectivity index (χ2n) is 14.2. The van der Waals surface area contributed by atoms with Crippen molar-refractivity contribution in [1.82, 2.24) is 34.8 Å². The summed E-state index contributed by atoms with van der Waals surface area (Å²) >= 11 is 0. The summed E-state index contributed by atoms with van der Waals surface area (Å²) in [5, 5.41) is 5.03. The lowest BCUT2D eigenvalue weighted by Gasteiger charge is -2.39. The van der Waals surface area contributed by atoms with E-state index in [0.717, 1.165) is 85.6 Å². The van der Waals surface area contributed by atoms with Gasteiger partial charge in [0.25, 0.3) is 5.56 Å². The van der Waals surface area contributed by atoms with Crippen molar-refractivity contribution in [2.45, 2.75) is 64.1 Å². The van der Waals surface area contributed by atoms with Gasteiger partial charge < -0.3 is 29.2 Å². The number of hydrogen-bond acceptors (Lipinski definition) is 9. The highest BCUT2D eigenvalue weighted by Crippen LogP contribution is 2.39. The van der Waals surface area contributed by atoms with Crippen LogP contribution < -0.4 is 25.7 Å². The first-order valence-corrected chi connectivity index (χ1v) is 18.1. The molecule has 3 saturated heterocycles. The number of hydrogen-bond donors (Lipinski definition) is 2. The Labute approximate surface area is 299 Å². The molecule has 4 aliphatic heterocycles. The summed E-state index contributed by atoms with van der Waals surface area (Å²) in [6.45, 7) is 5.87. The van der Waals surface area contributed by atoms with Crippen molar-refractivity contribution in [1.29, 1.82) is 0 Å². The van der Waals surface area contributed by atoms with E-state index in [1.54, 1.807) is 42.7 Å². The van der Waals surface area contributed by atoms with Crippen LogP contribution in [0.15, 0.2) is 23.1 Å². The number of nitrogens with zero attached hydrogens (tertiary/aromatic N) is 5. The second kappa shape index (κ2) is 15.9. The minimum Gasteiger partial charge on any atom is -0.496 e. The van der Waals surface area contributed by atoms with Gasteiger partial charge in [-0.25, -0.2) is 4.79 Å². The molecule has 1 aromatic heterocycles. The highest BCUT2D eigenvalue weighted by Gasteiger charge is 2.37. The molecule has 1 aromatic carbocycles. The van der Waals surface area contributed by atoms with E-state index in [9.17, 15) is 24.0 Å². The van der Waals surface area contributed by atoms with E-state index in [1.807, 2.05) is 18.3 Å². The molecule has 1 unspecified atom stereocenters. The molecular formula is C37H51N7O7. The van der Waals surface area contributed by atoms with E-state index >= 15 is 0 Å². The van der Waals surface area contributed by atoms with Crippen LogP contribution in [0.25, 0.3) is 11.1 Å². The number of urea groups is 1. The molecule has 6 rings (SSSR count). The van der Waals surface area contributed by atoms with Gasteiger partial charge in [-0.1, -0.05) is 0 Å². The molecule has 5 heterocycles. The van der Waals surface area contributed by atoms with Crippen molar-refractivity contribution in [2.24, 2.45) is 13.0 Å². The van der Waals surface area contributed by atoms with E-state index in [1.165, 1.54) is 0 Å². The van der Waals surface area contributed by atoms with Gasteiger partial charge in [0.15, 0.2) is 0 Å². The molecule has 0 spiro atoms. The van der Waals surface area contributed by atoms with Gasteiger partial charge >= 0.3 is 6.03 Å². The molecule has 2 aromatic rings. The number of fused-ring (bicyclic) bond motifs is 1. The first-order valence-electron chi connectivity index (χ1n) is 18.1. The van der Waals surface area contributed by atoms with Gasteiger partial charge in [0.05, 0.1) is 32.9 Å². The molecule has 1 atom stereocenters. The van der Waals surface area contributed by atoms with Crippen molar-refractivity contribution < 1.29 is 28.7 Å². The molecular weight excluding hydrogens is 654 g/mol. The number of benzene rings is 1. The summed E-state index contributed by atoms with van der Waals surface area (Å²) in [6, 6.07) is 3.34. The van der Waals surface area contributed by atoms with Crippen LogP contribution >= 0.6 is 0 Å². The summed E-state index contributed by atoms with van der Waals surface area (Å²) in [6.07, 6.45) is 7.46. The first-order chi connectivity index (χ1) is 24.6. The summed E-state index contributed by atoms with van der Waals surface area (Å²) < 4.78 is 13.5. The predicted octanol–water partition coefficient (Wildman–Crippen LogP) is 1.71. The van der Waals surface area contributed by atoms with E-state index in [-0.39, 0.29) is 42.3 Å². The number of aryl methyl sites for hydroxylation is 1. The number of nitrogens with one attached hydrogen (secondary N) is 2. The lowest BCUT2D eigenvalue weighted by molar-refractivity contribution is -0.149. The van der Waals surface area contributed by atoms with Gasteiger partial charge in [-0.05, 0) is 87.3 Å². The van der Waals surface area contributed by atoms with Crippen molar-refractivity contribution >= 4 is 23.8 Å². The van der Waals surface area contributed by atoms with Crippen LogP contribution in [0.3, 0.4) is 0 Å². The quantitative estimate of drug-likeness (QED) is 0.353. The van der Waals surface area contributed by atoms with Crippen molar-refractivity contribution in [2.75, 3.05) is 67.1 Å². The molecule has 0 saturated carbocycles. The van der Waals surface area contributed by atoms with Gasteiger partial charge in [0.2, 0.25) is 17.7 Å². The average Bonchev–Trinajstić information content (AvgIpc) is 3.13. The van der Waals surface area contributed by atoms with Gasteiger partial charge in [-0.2, -0.15) is 0 Å². The van der Waals surface area contributed by atoms with E-state index < -0.39 is 6.04 Å². The Bertz CT molecular complexity index is 1690. The van der Waals surface area contributed by atoms with Crippen molar-refractivity contribution in [3.63, 3.8) is 0 Å². The highest BCUT2D eigenvalue weighted by atomic mass is 16.5. The van der Waals surface area contributed by atoms with Gasteiger partial charge in [-0.15, -0.1) is 0 Å². The maximum absolute atomic E-state index is 13.1. The van der Waals surface area contributed by atoms with Crippen LogP contribution in [0.5, 0.6) is 11.5 Å². The predicted molar refractivity (Wildman–Crippen MR) is 190 cm³/mol. The molecule has 0 bridgehead atoms.